The summed E-state index contributed by atoms with van der Waals surface area (Å²) in [4.78, 5) is 39.9. The van der Waals surface area contributed by atoms with Crippen LogP contribution in [0.15, 0.2) is 29.3 Å². The molecule has 0 saturated carbocycles. The molecule has 0 spiro atoms. The van der Waals surface area contributed by atoms with Crippen molar-refractivity contribution in [3.05, 3.63) is 39.8 Å². The van der Waals surface area contributed by atoms with Gasteiger partial charge in [0.15, 0.2) is 17.0 Å². The number of nitrogens with zero attached hydrogens (tertiary/aromatic N) is 6. The molecule has 218 valence electrons. The first-order valence-corrected chi connectivity index (χ1v) is 14.1. The number of imidazole rings is 1. The second-order valence-electron chi connectivity index (χ2n) is 11.8. The van der Waals surface area contributed by atoms with Crippen molar-refractivity contribution in [3.8, 4) is 6.07 Å². The Labute approximate surface area is 251 Å². The number of amides is 2. The first-order chi connectivity index (χ1) is 19.1. The number of hydrogen-bond donors (Lipinski definition) is 2. The lowest BCUT2D eigenvalue weighted by atomic mass is 10.0. The van der Waals surface area contributed by atoms with Crippen molar-refractivity contribution in [2.45, 2.75) is 71.2 Å². The number of halogens is 2. The maximum absolute atomic E-state index is 12.5. The van der Waals surface area contributed by atoms with Crippen LogP contribution in [0.5, 0.6) is 0 Å². The van der Waals surface area contributed by atoms with Gasteiger partial charge in [-0.2, -0.15) is 5.26 Å². The zero-order valence-electron chi connectivity index (χ0n) is 23.7. The van der Waals surface area contributed by atoms with Crippen molar-refractivity contribution >= 4 is 62.4 Å². The van der Waals surface area contributed by atoms with Gasteiger partial charge < -0.3 is 24.3 Å². The highest BCUT2D eigenvalue weighted by Crippen LogP contribution is 2.37. The van der Waals surface area contributed by atoms with E-state index < -0.39 is 28.9 Å². The molecular formula is C27H32BrClN8O4. The van der Waals surface area contributed by atoms with Gasteiger partial charge in [-0.15, -0.1) is 0 Å². The Bertz CT molecular complexity index is 1520. The Morgan fingerprint density at radius 3 is 2.46 bits per heavy atom. The lowest BCUT2D eigenvalue weighted by molar-refractivity contribution is 0.0487. The van der Waals surface area contributed by atoms with Crippen LogP contribution in [0.2, 0.25) is 5.02 Å². The Hall–Kier alpha value is -3.63. The number of anilines is 2. The van der Waals surface area contributed by atoms with Gasteiger partial charge in [-0.25, -0.2) is 24.5 Å². The highest BCUT2D eigenvalue weighted by Gasteiger charge is 2.42. The molecule has 1 aliphatic rings. The number of carbonyl (C=O) groups is 2. The van der Waals surface area contributed by atoms with Crippen LogP contribution in [0, 0.1) is 11.3 Å². The zero-order valence-corrected chi connectivity index (χ0v) is 26.1. The minimum absolute atomic E-state index is 0.227. The van der Waals surface area contributed by atoms with Gasteiger partial charge in [0.25, 0.3) is 0 Å². The smallest absolute Gasteiger partial charge is 0.413 e. The van der Waals surface area contributed by atoms with Gasteiger partial charge in [-0.1, -0.05) is 27.5 Å². The van der Waals surface area contributed by atoms with Gasteiger partial charge in [-0.05, 0) is 53.7 Å². The van der Waals surface area contributed by atoms with Crippen molar-refractivity contribution in [3.63, 3.8) is 0 Å². The average molecular weight is 648 g/mol. The molecule has 2 aromatic heterocycles. The first-order valence-electron chi connectivity index (χ1n) is 12.9. The number of aromatic nitrogens is 4. The molecule has 1 aliphatic heterocycles. The molecule has 0 radical (unpaired) electrons. The summed E-state index contributed by atoms with van der Waals surface area (Å²) in [6.07, 6.45) is 2.05. The minimum Gasteiger partial charge on any atom is -0.444 e. The summed E-state index contributed by atoms with van der Waals surface area (Å²) in [6.45, 7) is 11.7. The first kappa shape index (κ1) is 30.3. The number of nitrogens with one attached hydrogen (secondary N) is 2. The van der Waals surface area contributed by atoms with E-state index in [9.17, 15) is 14.9 Å². The normalized spacial score (nSPS) is 17.3. The fourth-order valence-electron chi connectivity index (χ4n) is 4.42. The van der Waals surface area contributed by atoms with E-state index >= 15 is 0 Å². The van der Waals surface area contributed by atoms with Crippen LogP contribution in [-0.4, -0.2) is 61.5 Å². The van der Waals surface area contributed by atoms with Gasteiger partial charge in [0.05, 0.1) is 25.5 Å². The molecule has 1 aromatic carbocycles. The average Bonchev–Trinajstić information content (AvgIpc) is 3.43. The number of benzene rings is 1. The monoisotopic (exact) mass is 646 g/mol. The lowest BCUT2D eigenvalue weighted by Gasteiger charge is -2.28. The number of fused-ring (bicyclic) bond motifs is 1. The summed E-state index contributed by atoms with van der Waals surface area (Å²) in [6, 6.07) is 5.89. The van der Waals surface area contributed by atoms with E-state index in [1.54, 1.807) is 53.9 Å². The van der Waals surface area contributed by atoms with Gasteiger partial charge in [0, 0.05) is 33.7 Å². The summed E-state index contributed by atoms with van der Waals surface area (Å²) in [7, 11) is 0. The third-order valence-corrected chi connectivity index (χ3v) is 6.98. The van der Waals surface area contributed by atoms with Crippen LogP contribution in [0.1, 0.15) is 53.5 Å². The van der Waals surface area contributed by atoms with Gasteiger partial charge in [0.2, 0.25) is 0 Å². The molecule has 2 N–H and O–H groups in total. The second-order valence-corrected chi connectivity index (χ2v) is 13.1. The molecular weight excluding hydrogens is 616 g/mol. The molecule has 41 heavy (non-hydrogen) atoms. The standard InChI is InChI=1S/C27H32BrClN8O4/c1-25(2,3)40-23(38)34-21-20-22(32-14-31-21)37(15-33-20)11-17-18(28)9-16(29)10-19(17)36-8-7-27(12-30,13-36)35-24(39)41-26(4,5)6/h9-10,14-15H,7-8,11,13H2,1-6H3,(H,35,39)(H,31,32,34,38)/t27-/m0/s1. The molecule has 0 unspecified atom stereocenters. The number of nitriles is 1. The van der Waals surface area contributed by atoms with E-state index in [0.717, 1.165) is 15.7 Å². The molecule has 3 heterocycles. The SMILES string of the molecule is CC(C)(C)OC(=O)Nc1ncnc2c1ncn2Cc1c(Br)cc(Cl)cc1N1CC[C@@](C#N)(NC(=O)OC(C)(C)C)C1. The van der Waals surface area contributed by atoms with Gasteiger partial charge >= 0.3 is 12.2 Å². The van der Waals surface area contributed by atoms with E-state index in [4.69, 9.17) is 21.1 Å². The fourth-order valence-corrected chi connectivity index (χ4v) is 5.34. The zero-order chi connectivity index (χ0) is 30.2. The predicted octanol–water partition coefficient (Wildman–Crippen LogP) is 5.63. The molecule has 1 fully saturated rings. The van der Waals surface area contributed by atoms with E-state index in [1.165, 1.54) is 6.33 Å². The summed E-state index contributed by atoms with van der Waals surface area (Å²) in [5, 5.41) is 15.9. The van der Waals surface area contributed by atoms with Crippen molar-refractivity contribution in [2.75, 3.05) is 23.3 Å². The van der Waals surface area contributed by atoms with Crippen molar-refractivity contribution in [1.82, 2.24) is 24.8 Å². The molecule has 4 rings (SSSR count). The quantitative estimate of drug-likeness (QED) is 0.359. The maximum atomic E-state index is 12.5. The summed E-state index contributed by atoms with van der Waals surface area (Å²) in [5.41, 5.74) is 0.0492. The molecule has 1 atom stereocenters. The summed E-state index contributed by atoms with van der Waals surface area (Å²) < 4.78 is 13.3. The molecule has 0 bridgehead atoms. The third kappa shape index (κ3) is 7.37. The molecule has 3 aromatic rings. The van der Waals surface area contributed by atoms with Crippen molar-refractivity contribution < 1.29 is 19.1 Å². The second kappa shape index (κ2) is 11.3. The minimum atomic E-state index is -1.13. The van der Waals surface area contributed by atoms with Crippen LogP contribution < -0.4 is 15.5 Å². The Morgan fingerprint density at radius 1 is 1.12 bits per heavy atom. The van der Waals surface area contributed by atoms with Crippen molar-refractivity contribution in [1.29, 1.82) is 5.26 Å². The Morgan fingerprint density at radius 2 is 1.80 bits per heavy atom. The number of ether oxygens (including phenoxy) is 2. The van der Waals surface area contributed by atoms with E-state index in [0.29, 0.717) is 35.7 Å². The predicted molar refractivity (Wildman–Crippen MR) is 158 cm³/mol. The number of rotatable bonds is 5. The topological polar surface area (TPSA) is 147 Å². The van der Waals surface area contributed by atoms with Crippen LogP contribution in [0.4, 0.5) is 21.1 Å². The van der Waals surface area contributed by atoms with Crippen LogP contribution >= 0.6 is 27.5 Å². The lowest BCUT2D eigenvalue weighted by Crippen LogP contribution is -2.51. The molecule has 2 amide bonds. The Balaban J connectivity index is 1.61. The van der Waals surface area contributed by atoms with Gasteiger partial charge in [-0.3, -0.25) is 5.32 Å². The largest absolute Gasteiger partial charge is 0.444 e. The fraction of sp³-hybridized carbons (Fsp3) is 0.481. The molecule has 14 heteroatoms. The highest BCUT2D eigenvalue weighted by atomic mass is 79.9. The number of carbonyl (C=O) groups excluding carboxylic acids is 2. The summed E-state index contributed by atoms with van der Waals surface area (Å²) >= 11 is 10.1. The summed E-state index contributed by atoms with van der Waals surface area (Å²) in [5.74, 6) is 0.227. The van der Waals surface area contributed by atoms with E-state index in [-0.39, 0.29) is 12.4 Å². The molecule has 12 nitrogen and oxygen atoms in total. The Kier molecular flexibility index (Phi) is 8.38. The highest BCUT2D eigenvalue weighted by molar-refractivity contribution is 9.10. The number of alkyl carbamates (subject to hydrolysis) is 1. The maximum Gasteiger partial charge on any atom is 0.413 e. The van der Waals surface area contributed by atoms with Crippen LogP contribution in [-0.2, 0) is 16.0 Å². The number of hydrogen-bond acceptors (Lipinski definition) is 9. The van der Waals surface area contributed by atoms with E-state index in [2.05, 4.69) is 47.6 Å². The van der Waals surface area contributed by atoms with Crippen molar-refractivity contribution in [2.24, 2.45) is 0 Å². The molecule has 1 saturated heterocycles. The van der Waals surface area contributed by atoms with Crippen LogP contribution in [0.25, 0.3) is 11.2 Å². The van der Waals surface area contributed by atoms with E-state index in [1.807, 2.05) is 15.5 Å². The van der Waals surface area contributed by atoms with Crippen LogP contribution in [0.3, 0.4) is 0 Å². The van der Waals surface area contributed by atoms with Gasteiger partial charge in [0.1, 0.15) is 23.1 Å². The third-order valence-electron chi connectivity index (χ3n) is 6.05. The molecule has 0 aliphatic carbocycles.